The summed E-state index contributed by atoms with van der Waals surface area (Å²) in [5.41, 5.74) is 8.74. The number of likely N-dealkylation sites (N-methyl/N-ethyl adjacent to an activating group) is 1. The van der Waals surface area contributed by atoms with E-state index in [1.165, 1.54) is 0 Å². The summed E-state index contributed by atoms with van der Waals surface area (Å²) in [5, 5.41) is 3.24. The summed E-state index contributed by atoms with van der Waals surface area (Å²) in [6, 6.07) is 3.94. The summed E-state index contributed by atoms with van der Waals surface area (Å²) >= 11 is 0. The molecule has 3 N–H and O–H groups in total. The van der Waals surface area contributed by atoms with Gasteiger partial charge in [-0.25, -0.2) is 0 Å². The van der Waals surface area contributed by atoms with E-state index in [9.17, 15) is 0 Å². The van der Waals surface area contributed by atoms with Gasteiger partial charge in [-0.15, -0.1) is 0 Å². The zero-order valence-corrected chi connectivity index (χ0v) is 15.0. The Morgan fingerprint density at radius 3 is 2.33 bits per heavy atom. The van der Waals surface area contributed by atoms with Gasteiger partial charge in [-0.3, -0.25) is 0 Å². The molecule has 0 unspecified atom stereocenters. The first-order chi connectivity index (χ1) is 10.8. The summed E-state index contributed by atoms with van der Waals surface area (Å²) in [4.78, 5) is 4.64. The molecule has 1 aromatic rings. The Balaban J connectivity index is 0.00000288. The fourth-order valence-electron chi connectivity index (χ4n) is 2.54. The number of methoxy groups -OCH3 is 1. The number of anilines is 3. The van der Waals surface area contributed by atoms with Crippen molar-refractivity contribution in [3.05, 3.63) is 12.1 Å². The lowest BCUT2D eigenvalue weighted by molar-refractivity contribution is 0.00839. The second-order valence-electron chi connectivity index (χ2n) is 6.98. The van der Waals surface area contributed by atoms with Crippen LogP contribution in [0, 0.1) is 0 Å². The van der Waals surface area contributed by atoms with Crippen LogP contribution in [-0.2, 0) is 4.74 Å². The summed E-state index contributed by atoms with van der Waals surface area (Å²) in [6.07, 6.45) is 0. The summed E-state index contributed by atoms with van der Waals surface area (Å²) in [6.45, 7) is 10.5. The van der Waals surface area contributed by atoms with Crippen LogP contribution in [0.25, 0.3) is 0 Å². The van der Waals surface area contributed by atoms with Crippen molar-refractivity contribution in [3.8, 4) is 5.75 Å². The van der Waals surface area contributed by atoms with Gasteiger partial charge in [-0.05, 0) is 33.9 Å². The molecule has 1 saturated heterocycles. The molecule has 1 aliphatic heterocycles. The molecule has 0 amide bonds. The van der Waals surface area contributed by atoms with E-state index in [2.05, 4.69) is 22.2 Å². The van der Waals surface area contributed by atoms with Gasteiger partial charge >= 0.3 is 0 Å². The van der Waals surface area contributed by atoms with E-state index >= 15 is 0 Å². The van der Waals surface area contributed by atoms with Crippen LogP contribution >= 0.6 is 0 Å². The number of nitrogen functional groups attached to an aromatic ring is 1. The van der Waals surface area contributed by atoms with Gasteiger partial charge in [0.25, 0.3) is 0 Å². The SMILES string of the molecule is C.COc1cc(N2CCN(C)CC2)c(N)cc1NCOC(C)(C)C. The molecule has 138 valence electrons. The number of rotatable bonds is 5. The predicted octanol–water partition coefficient (Wildman–Crippen LogP) is 2.85. The third-order valence-electron chi connectivity index (χ3n) is 3.96. The molecule has 0 aromatic heterocycles. The van der Waals surface area contributed by atoms with Crippen LogP contribution in [-0.4, -0.2) is 57.6 Å². The van der Waals surface area contributed by atoms with E-state index in [0.717, 1.165) is 49.0 Å². The lowest BCUT2D eigenvalue weighted by Gasteiger charge is -2.35. The van der Waals surface area contributed by atoms with Gasteiger partial charge < -0.3 is 30.3 Å². The van der Waals surface area contributed by atoms with Gasteiger partial charge in [-0.1, -0.05) is 7.43 Å². The largest absolute Gasteiger partial charge is 0.495 e. The minimum Gasteiger partial charge on any atom is -0.495 e. The van der Waals surface area contributed by atoms with Crippen molar-refractivity contribution in [2.45, 2.75) is 33.8 Å². The highest BCUT2D eigenvalue weighted by Crippen LogP contribution is 2.35. The van der Waals surface area contributed by atoms with Crippen LogP contribution in [0.1, 0.15) is 28.2 Å². The molecule has 6 nitrogen and oxygen atoms in total. The highest BCUT2D eigenvalue weighted by atomic mass is 16.5. The molecule has 0 bridgehead atoms. The third-order valence-corrected chi connectivity index (χ3v) is 3.96. The minimum absolute atomic E-state index is 0. The van der Waals surface area contributed by atoms with Gasteiger partial charge in [0.15, 0.2) is 0 Å². The zero-order valence-electron chi connectivity index (χ0n) is 15.0. The number of nitrogens with one attached hydrogen (secondary N) is 1. The van der Waals surface area contributed by atoms with E-state index < -0.39 is 0 Å². The Bertz CT molecular complexity index is 520. The number of hydrogen-bond acceptors (Lipinski definition) is 6. The third kappa shape index (κ3) is 5.46. The number of benzene rings is 1. The number of ether oxygens (including phenoxy) is 2. The van der Waals surface area contributed by atoms with Crippen molar-refractivity contribution >= 4 is 17.1 Å². The van der Waals surface area contributed by atoms with Crippen LogP contribution in [0.15, 0.2) is 12.1 Å². The topological polar surface area (TPSA) is 63.0 Å². The Morgan fingerprint density at radius 1 is 1.17 bits per heavy atom. The molecular weight excluding hydrogens is 304 g/mol. The van der Waals surface area contributed by atoms with Crippen LogP contribution in [0.4, 0.5) is 17.1 Å². The molecule has 0 radical (unpaired) electrons. The van der Waals surface area contributed by atoms with E-state index in [4.69, 9.17) is 15.2 Å². The summed E-state index contributed by atoms with van der Waals surface area (Å²) < 4.78 is 11.2. The molecule has 0 atom stereocenters. The average Bonchev–Trinajstić information content (AvgIpc) is 2.47. The van der Waals surface area contributed by atoms with Gasteiger partial charge in [0.1, 0.15) is 12.5 Å². The van der Waals surface area contributed by atoms with Crippen LogP contribution < -0.4 is 20.7 Å². The molecule has 0 aliphatic carbocycles. The average molecular weight is 338 g/mol. The molecule has 6 heteroatoms. The van der Waals surface area contributed by atoms with E-state index in [1.54, 1.807) is 7.11 Å². The molecular formula is C18H34N4O2. The first-order valence-electron chi connectivity index (χ1n) is 8.09. The maximum Gasteiger partial charge on any atom is 0.144 e. The standard InChI is InChI=1S/C17H30N4O2.CH4/c1-17(2,3)23-12-19-14-10-13(18)15(11-16(14)22-5)21-8-6-20(4)7-9-21;/h10-11,19H,6-9,12,18H2,1-5H3;1H4. The van der Waals surface area contributed by atoms with Crippen molar-refractivity contribution in [2.24, 2.45) is 0 Å². The van der Waals surface area contributed by atoms with Crippen molar-refractivity contribution in [2.75, 3.05) is 63.0 Å². The molecule has 2 rings (SSSR count). The Labute approximate surface area is 146 Å². The number of piperazine rings is 1. The van der Waals surface area contributed by atoms with Crippen molar-refractivity contribution in [3.63, 3.8) is 0 Å². The molecule has 1 aromatic carbocycles. The summed E-state index contributed by atoms with van der Waals surface area (Å²) in [5.74, 6) is 0.783. The fourth-order valence-corrected chi connectivity index (χ4v) is 2.54. The quantitative estimate of drug-likeness (QED) is 0.636. The molecule has 1 aliphatic rings. The van der Waals surface area contributed by atoms with Crippen LogP contribution in [0.5, 0.6) is 5.75 Å². The number of hydrogen-bond donors (Lipinski definition) is 2. The highest BCUT2D eigenvalue weighted by Gasteiger charge is 2.19. The molecule has 0 saturated carbocycles. The van der Waals surface area contributed by atoms with Crippen LogP contribution in [0.3, 0.4) is 0 Å². The predicted molar refractivity (Wildman–Crippen MR) is 103 cm³/mol. The van der Waals surface area contributed by atoms with Crippen LogP contribution in [0.2, 0.25) is 0 Å². The number of nitrogens with zero attached hydrogens (tertiary/aromatic N) is 2. The van der Waals surface area contributed by atoms with Gasteiger partial charge in [-0.2, -0.15) is 0 Å². The minimum atomic E-state index is -0.189. The Kier molecular flexibility index (Phi) is 7.17. The highest BCUT2D eigenvalue weighted by molar-refractivity contribution is 5.77. The smallest absolute Gasteiger partial charge is 0.144 e. The second-order valence-corrected chi connectivity index (χ2v) is 6.98. The monoisotopic (exact) mass is 338 g/mol. The van der Waals surface area contributed by atoms with E-state index in [1.807, 2.05) is 32.9 Å². The maximum absolute atomic E-state index is 6.28. The van der Waals surface area contributed by atoms with Gasteiger partial charge in [0.05, 0.1) is 29.8 Å². The normalized spacial score (nSPS) is 15.8. The van der Waals surface area contributed by atoms with Crippen molar-refractivity contribution in [1.82, 2.24) is 4.90 Å². The van der Waals surface area contributed by atoms with Gasteiger partial charge in [0, 0.05) is 32.2 Å². The first kappa shape index (κ1) is 20.4. The second kappa shape index (κ2) is 8.44. The van der Waals surface area contributed by atoms with E-state index in [-0.39, 0.29) is 13.0 Å². The lowest BCUT2D eigenvalue weighted by atomic mass is 10.2. The summed E-state index contributed by atoms with van der Waals surface area (Å²) in [7, 11) is 3.82. The van der Waals surface area contributed by atoms with Crippen molar-refractivity contribution in [1.29, 1.82) is 0 Å². The Hall–Kier alpha value is -1.66. The Morgan fingerprint density at radius 2 is 1.79 bits per heavy atom. The molecule has 0 spiro atoms. The number of nitrogens with two attached hydrogens (primary N) is 1. The molecule has 24 heavy (non-hydrogen) atoms. The van der Waals surface area contributed by atoms with Crippen molar-refractivity contribution < 1.29 is 9.47 Å². The molecule has 1 fully saturated rings. The maximum atomic E-state index is 6.28. The zero-order chi connectivity index (χ0) is 17.0. The lowest BCUT2D eigenvalue weighted by Crippen LogP contribution is -2.44. The molecule has 1 heterocycles. The first-order valence-corrected chi connectivity index (χ1v) is 8.09. The fraction of sp³-hybridized carbons (Fsp3) is 0.667. The van der Waals surface area contributed by atoms with Gasteiger partial charge in [0.2, 0.25) is 0 Å². The van der Waals surface area contributed by atoms with E-state index in [0.29, 0.717) is 6.73 Å².